The van der Waals surface area contributed by atoms with Gasteiger partial charge in [-0.05, 0) is 83.7 Å². The van der Waals surface area contributed by atoms with E-state index in [1.807, 2.05) is 24.8 Å². The highest BCUT2D eigenvalue weighted by Crippen LogP contribution is 2.51. The monoisotopic (exact) mass is 436 g/mol. The van der Waals surface area contributed by atoms with Crippen LogP contribution in [0.3, 0.4) is 0 Å². The van der Waals surface area contributed by atoms with E-state index in [-0.39, 0.29) is 0 Å². The minimum Gasteiger partial charge on any atom is -0.306 e. The second-order valence-corrected chi connectivity index (χ2v) is 9.45. The molecule has 158 valence electrons. The Hall–Kier alpha value is -3.10. The van der Waals surface area contributed by atoms with Crippen LogP contribution in [0.4, 0.5) is 0 Å². The molecule has 32 heavy (non-hydrogen) atoms. The number of fused-ring (bicyclic) bond motifs is 2. The molecule has 0 N–H and O–H groups in total. The van der Waals surface area contributed by atoms with Gasteiger partial charge in [0.05, 0.1) is 6.33 Å². The third-order valence-corrected chi connectivity index (χ3v) is 7.41. The van der Waals surface area contributed by atoms with Gasteiger partial charge in [0.1, 0.15) is 0 Å². The Balaban J connectivity index is 1.41. The van der Waals surface area contributed by atoms with E-state index in [9.17, 15) is 0 Å². The van der Waals surface area contributed by atoms with Crippen molar-refractivity contribution in [3.05, 3.63) is 124 Å². The first-order valence-corrected chi connectivity index (χ1v) is 11.8. The average molecular weight is 437 g/mol. The van der Waals surface area contributed by atoms with Gasteiger partial charge in [-0.1, -0.05) is 65.7 Å². The summed E-state index contributed by atoms with van der Waals surface area (Å²) < 4.78 is 2.06. The topological polar surface area (TPSA) is 17.8 Å². The van der Waals surface area contributed by atoms with Crippen LogP contribution in [0, 0.1) is 5.92 Å². The Labute approximate surface area is 194 Å². The zero-order valence-electron chi connectivity index (χ0n) is 17.9. The van der Waals surface area contributed by atoms with Crippen molar-refractivity contribution in [1.82, 2.24) is 9.55 Å². The van der Waals surface area contributed by atoms with Gasteiger partial charge in [0.2, 0.25) is 0 Å². The molecule has 0 bridgehead atoms. The molecule has 0 saturated heterocycles. The summed E-state index contributed by atoms with van der Waals surface area (Å²) in [7, 11) is 0. The first-order chi connectivity index (χ1) is 15.8. The van der Waals surface area contributed by atoms with E-state index >= 15 is 0 Å². The van der Waals surface area contributed by atoms with Crippen LogP contribution in [0.25, 0.3) is 11.3 Å². The standard InChI is InChI=1S/C29H25ClN2/c30-24-10-6-22-17-28-26(27(22)18-24)13-9-23(16-20-4-2-1-3-5-20)29(28)21-7-11-25(12-8-21)32-15-14-31-19-32/h1-8,10-12,14-15,18-19,23,29H,9,13,16-17H2. The van der Waals surface area contributed by atoms with Crippen LogP contribution in [0.5, 0.6) is 0 Å². The van der Waals surface area contributed by atoms with E-state index in [0.717, 1.165) is 30.0 Å². The van der Waals surface area contributed by atoms with Crippen molar-refractivity contribution >= 4 is 17.2 Å². The molecule has 0 fully saturated rings. The Morgan fingerprint density at radius 3 is 2.59 bits per heavy atom. The lowest BCUT2D eigenvalue weighted by Gasteiger charge is -2.34. The molecular formula is C29H25ClN2. The summed E-state index contributed by atoms with van der Waals surface area (Å²) in [4.78, 5) is 4.19. The SMILES string of the molecule is Clc1ccc2c(c1)C1=C(C2)C(c2ccc(-n3ccnc3)cc2)C(Cc2ccccc2)CC1. The van der Waals surface area contributed by atoms with Crippen molar-refractivity contribution in [1.29, 1.82) is 0 Å². The molecule has 2 aliphatic carbocycles. The van der Waals surface area contributed by atoms with Gasteiger partial charge in [-0.3, -0.25) is 0 Å². The highest BCUT2D eigenvalue weighted by Gasteiger charge is 2.36. The van der Waals surface area contributed by atoms with Gasteiger partial charge >= 0.3 is 0 Å². The van der Waals surface area contributed by atoms with Crippen LogP contribution in [0.2, 0.25) is 5.02 Å². The molecule has 0 saturated carbocycles. The number of rotatable bonds is 4. The predicted molar refractivity (Wildman–Crippen MR) is 131 cm³/mol. The van der Waals surface area contributed by atoms with Crippen molar-refractivity contribution in [2.24, 2.45) is 5.92 Å². The summed E-state index contributed by atoms with van der Waals surface area (Å²) in [6.45, 7) is 0. The number of halogens is 1. The third-order valence-electron chi connectivity index (χ3n) is 7.17. The molecule has 0 aliphatic heterocycles. The molecule has 6 rings (SSSR count). The van der Waals surface area contributed by atoms with Gasteiger partial charge < -0.3 is 4.57 Å². The highest BCUT2D eigenvalue weighted by molar-refractivity contribution is 6.30. The van der Waals surface area contributed by atoms with E-state index in [1.165, 1.54) is 34.2 Å². The molecule has 0 radical (unpaired) electrons. The molecule has 3 heteroatoms. The molecule has 0 amide bonds. The van der Waals surface area contributed by atoms with E-state index in [0.29, 0.717) is 11.8 Å². The number of benzene rings is 3. The van der Waals surface area contributed by atoms with Crippen molar-refractivity contribution in [3.8, 4) is 5.69 Å². The number of nitrogens with zero attached hydrogens (tertiary/aromatic N) is 2. The summed E-state index contributed by atoms with van der Waals surface area (Å²) in [6, 6.07) is 26.5. The van der Waals surface area contributed by atoms with E-state index in [4.69, 9.17) is 11.6 Å². The smallest absolute Gasteiger partial charge is 0.0991 e. The van der Waals surface area contributed by atoms with E-state index in [1.54, 1.807) is 5.57 Å². The summed E-state index contributed by atoms with van der Waals surface area (Å²) in [5, 5.41) is 0.838. The van der Waals surface area contributed by atoms with Gasteiger partial charge in [0, 0.05) is 29.0 Å². The molecule has 0 spiro atoms. The molecule has 1 aromatic heterocycles. The maximum Gasteiger partial charge on any atom is 0.0991 e. The molecule has 2 aliphatic rings. The lowest BCUT2D eigenvalue weighted by molar-refractivity contribution is 0.414. The van der Waals surface area contributed by atoms with Gasteiger partial charge in [0.15, 0.2) is 0 Å². The quantitative estimate of drug-likeness (QED) is 0.329. The fraction of sp³-hybridized carbons (Fsp3) is 0.207. The van der Waals surface area contributed by atoms with Crippen LogP contribution in [-0.2, 0) is 12.8 Å². The number of imidazole rings is 1. The van der Waals surface area contributed by atoms with Gasteiger partial charge in [0.25, 0.3) is 0 Å². The summed E-state index contributed by atoms with van der Waals surface area (Å²) in [5.74, 6) is 1.03. The Kier molecular flexibility index (Phi) is 4.96. The van der Waals surface area contributed by atoms with Crippen molar-refractivity contribution in [2.45, 2.75) is 31.6 Å². The highest BCUT2D eigenvalue weighted by atomic mass is 35.5. The van der Waals surface area contributed by atoms with Gasteiger partial charge in [-0.25, -0.2) is 4.98 Å². The molecule has 2 unspecified atom stereocenters. The van der Waals surface area contributed by atoms with Crippen molar-refractivity contribution < 1.29 is 0 Å². The predicted octanol–water partition coefficient (Wildman–Crippen LogP) is 7.27. The lowest BCUT2D eigenvalue weighted by atomic mass is 9.70. The maximum absolute atomic E-state index is 6.38. The number of allylic oxidation sites excluding steroid dienone is 2. The Morgan fingerprint density at radius 2 is 1.81 bits per heavy atom. The van der Waals surface area contributed by atoms with Gasteiger partial charge in [-0.15, -0.1) is 0 Å². The summed E-state index contributed by atoms with van der Waals surface area (Å²) in [5.41, 5.74) is 9.95. The lowest BCUT2D eigenvalue weighted by Crippen LogP contribution is -2.22. The maximum atomic E-state index is 6.38. The van der Waals surface area contributed by atoms with Crippen molar-refractivity contribution in [2.75, 3.05) is 0 Å². The number of hydrogen-bond acceptors (Lipinski definition) is 1. The van der Waals surface area contributed by atoms with Crippen molar-refractivity contribution in [3.63, 3.8) is 0 Å². The second-order valence-electron chi connectivity index (χ2n) is 9.01. The van der Waals surface area contributed by atoms with Crippen LogP contribution in [0.15, 0.2) is 97.1 Å². The fourth-order valence-electron chi connectivity index (χ4n) is 5.72. The Morgan fingerprint density at radius 1 is 0.969 bits per heavy atom. The molecule has 2 atom stereocenters. The minimum absolute atomic E-state index is 0.432. The van der Waals surface area contributed by atoms with E-state index in [2.05, 4.69) is 76.3 Å². The number of hydrogen-bond donors (Lipinski definition) is 0. The molecule has 3 aromatic carbocycles. The molecule has 1 heterocycles. The minimum atomic E-state index is 0.432. The largest absolute Gasteiger partial charge is 0.306 e. The third kappa shape index (κ3) is 3.49. The molecule has 4 aromatic rings. The zero-order valence-corrected chi connectivity index (χ0v) is 18.7. The summed E-state index contributed by atoms with van der Waals surface area (Å²) >= 11 is 6.38. The first kappa shape index (κ1) is 19.6. The van der Waals surface area contributed by atoms with Crippen LogP contribution in [-0.4, -0.2) is 9.55 Å². The first-order valence-electron chi connectivity index (χ1n) is 11.4. The van der Waals surface area contributed by atoms with Crippen LogP contribution in [0.1, 0.15) is 41.0 Å². The Bertz CT molecular complexity index is 1270. The van der Waals surface area contributed by atoms with Crippen LogP contribution >= 0.6 is 11.6 Å². The summed E-state index contributed by atoms with van der Waals surface area (Å²) in [6.07, 6.45) is 10.2. The number of aromatic nitrogens is 2. The molecule has 2 nitrogen and oxygen atoms in total. The average Bonchev–Trinajstić information content (AvgIpc) is 3.48. The van der Waals surface area contributed by atoms with Gasteiger partial charge in [-0.2, -0.15) is 0 Å². The van der Waals surface area contributed by atoms with Crippen LogP contribution < -0.4 is 0 Å². The zero-order chi connectivity index (χ0) is 21.5. The van der Waals surface area contributed by atoms with E-state index < -0.39 is 0 Å². The second kappa shape index (κ2) is 8.11. The molecular weight excluding hydrogens is 412 g/mol. The normalized spacial score (nSPS) is 19.7. The fourth-order valence-corrected chi connectivity index (χ4v) is 5.89.